The van der Waals surface area contributed by atoms with E-state index in [1.165, 1.54) is 13.0 Å². The van der Waals surface area contributed by atoms with Gasteiger partial charge in [0, 0.05) is 30.7 Å². The first-order valence-electron chi connectivity index (χ1n) is 7.17. The normalized spacial score (nSPS) is 27.9. The minimum absolute atomic E-state index is 0.00185. The van der Waals surface area contributed by atoms with Crippen molar-refractivity contribution in [3.8, 4) is 0 Å². The fraction of sp³-hybridized carbons (Fsp3) is 0.375. The van der Waals surface area contributed by atoms with Crippen LogP contribution in [-0.4, -0.2) is 41.5 Å². The van der Waals surface area contributed by atoms with E-state index in [1.54, 1.807) is 6.20 Å². The Bertz CT molecular complexity index is 670. The molecule has 1 N–H and O–H groups in total. The molecule has 2 aliphatic rings. The molecule has 0 radical (unpaired) electrons. The summed E-state index contributed by atoms with van der Waals surface area (Å²) in [5, 5.41) is 4.18. The summed E-state index contributed by atoms with van der Waals surface area (Å²) in [7, 11) is 0. The van der Waals surface area contributed by atoms with Crippen molar-refractivity contribution in [2.45, 2.75) is 12.5 Å². The molecule has 0 aliphatic carbocycles. The summed E-state index contributed by atoms with van der Waals surface area (Å²) in [6, 6.07) is 10.1. The molecule has 0 spiro atoms. The molecule has 2 unspecified atom stereocenters. The monoisotopic (exact) mass is 267 g/mol. The summed E-state index contributed by atoms with van der Waals surface area (Å²) in [6.45, 7) is 3.33. The largest absolute Gasteiger partial charge is 0.348 e. The van der Waals surface area contributed by atoms with Crippen molar-refractivity contribution < 1.29 is 4.79 Å². The predicted molar refractivity (Wildman–Crippen MR) is 77.5 cm³/mol. The number of rotatable bonds is 2. The highest BCUT2D eigenvalue weighted by Crippen LogP contribution is 2.28. The maximum absolute atomic E-state index is 12.4. The minimum Gasteiger partial charge on any atom is -0.348 e. The minimum atomic E-state index is 0.00185. The molecule has 4 nitrogen and oxygen atoms in total. The first-order chi connectivity index (χ1) is 9.79. The van der Waals surface area contributed by atoms with Crippen LogP contribution in [0.5, 0.6) is 0 Å². The lowest BCUT2D eigenvalue weighted by molar-refractivity contribution is 0.0924. The van der Waals surface area contributed by atoms with Crippen LogP contribution in [0.15, 0.2) is 36.5 Å². The number of amides is 1. The van der Waals surface area contributed by atoms with Gasteiger partial charge in [-0.3, -0.25) is 9.78 Å². The number of fused-ring (bicyclic) bond motifs is 3. The van der Waals surface area contributed by atoms with E-state index in [-0.39, 0.29) is 5.91 Å². The first-order valence-corrected chi connectivity index (χ1v) is 7.17. The standard InChI is InChI=1S/C16H17N3O/c20-16(18-15-10-19-6-5-12(15)9-19)13-7-11-3-1-2-4-14(11)17-8-13/h1-4,7-8,12,15H,5-6,9-10H2,(H,18,20)/t12-,15?/m0/s1. The van der Waals surface area contributed by atoms with Gasteiger partial charge in [0.1, 0.15) is 0 Å². The van der Waals surface area contributed by atoms with E-state index < -0.39 is 0 Å². The van der Waals surface area contributed by atoms with Crippen molar-refractivity contribution >= 4 is 16.8 Å². The zero-order valence-electron chi connectivity index (χ0n) is 11.2. The summed E-state index contributed by atoms with van der Waals surface area (Å²) < 4.78 is 0. The molecule has 3 atom stereocenters. The third-order valence-electron chi connectivity index (χ3n) is 4.50. The van der Waals surface area contributed by atoms with Gasteiger partial charge in [0.2, 0.25) is 0 Å². The van der Waals surface area contributed by atoms with Crippen LogP contribution in [0.25, 0.3) is 10.9 Å². The summed E-state index contributed by atoms with van der Waals surface area (Å²) in [4.78, 5) is 19.1. The van der Waals surface area contributed by atoms with Crippen LogP contribution >= 0.6 is 0 Å². The molecule has 2 fully saturated rings. The number of pyridine rings is 1. The Labute approximate surface area is 117 Å². The molecular formula is C16H17N3O. The van der Waals surface area contributed by atoms with Crippen LogP contribution in [0.4, 0.5) is 0 Å². The van der Waals surface area contributed by atoms with Gasteiger partial charge < -0.3 is 10.2 Å². The van der Waals surface area contributed by atoms with Gasteiger partial charge in [0.15, 0.2) is 0 Å². The van der Waals surface area contributed by atoms with Crippen LogP contribution in [0.1, 0.15) is 16.8 Å². The molecule has 1 aromatic carbocycles. The van der Waals surface area contributed by atoms with Gasteiger partial charge >= 0.3 is 0 Å². The van der Waals surface area contributed by atoms with Crippen LogP contribution in [-0.2, 0) is 0 Å². The summed E-state index contributed by atoms with van der Waals surface area (Å²) in [6.07, 6.45) is 2.88. The van der Waals surface area contributed by atoms with Crippen LogP contribution in [0, 0.1) is 5.92 Å². The molecule has 2 bridgehead atoms. The first kappa shape index (κ1) is 11.9. The molecule has 102 valence electrons. The lowest BCUT2D eigenvalue weighted by Crippen LogP contribution is -2.43. The van der Waals surface area contributed by atoms with Crippen LogP contribution in [0.2, 0.25) is 0 Å². The Morgan fingerprint density at radius 1 is 1.30 bits per heavy atom. The Morgan fingerprint density at radius 2 is 2.20 bits per heavy atom. The zero-order chi connectivity index (χ0) is 13.5. The van der Waals surface area contributed by atoms with E-state index in [9.17, 15) is 4.79 Å². The van der Waals surface area contributed by atoms with Crippen molar-refractivity contribution in [1.82, 2.24) is 15.2 Å². The van der Waals surface area contributed by atoms with E-state index >= 15 is 0 Å². The predicted octanol–water partition coefficient (Wildman–Crippen LogP) is 1.67. The number of nitrogens with one attached hydrogen (secondary N) is 1. The van der Waals surface area contributed by atoms with E-state index in [4.69, 9.17) is 0 Å². The topological polar surface area (TPSA) is 45.2 Å². The molecule has 2 saturated heterocycles. The van der Waals surface area contributed by atoms with Crippen LogP contribution < -0.4 is 5.32 Å². The van der Waals surface area contributed by atoms with Crippen molar-refractivity contribution in [2.24, 2.45) is 5.92 Å². The van der Waals surface area contributed by atoms with Gasteiger partial charge in [-0.05, 0) is 31.0 Å². The van der Waals surface area contributed by atoms with Gasteiger partial charge in [0.05, 0.1) is 11.1 Å². The number of carbonyl (C=O) groups excluding carboxylic acids is 1. The second-order valence-corrected chi connectivity index (χ2v) is 5.80. The third-order valence-corrected chi connectivity index (χ3v) is 4.50. The number of carbonyl (C=O) groups is 1. The molecule has 20 heavy (non-hydrogen) atoms. The number of nitrogens with zero attached hydrogens (tertiary/aromatic N) is 2. The number of para-hydroxylation sites is 1. The fourth-order valence-electron chi connectivity index (χ4n) is 3.39. The average molecular weight is 267 g/mol. The lowest BCUT2D eigenvalue weighted by Gasteiger charge is -2.23. The third kappa shape index (κ3) is 1.96. The van der Waals surface area contributed by atoms with E-state index in [1.807, 2.05) is 30.3 Å². The maximum atomic E-state index is 12.4. The SMILES string of the molecule is O=C(NC1CN2CC[C@H]1C2)c1cnc2ccccc2c1. The molecule has 0 saturated carbocycles. The number of aromatic nitrogens is 1. The molecule has 4 heteroatoms. The number of hydrogen-bond donors (Lipinski definition) is 1. The molecule has 2 aliphatic heterocycles. The molecular weight excluding hydrogens is 250 g/mol. The summed E-state index contributed by atoms with van der Waals surface area (Å²) in [5.74, 6) is 0.634. The molecule has 1 aromatic heterocycles. The summed E-state index contributed by atoms with van der Waals surface area (Å²) in [5.41, 5.74) is 1.58. The van der Waals surface area contributed by atoms with Crippen LogP contribution in [0.3, 0.4) is 0 Å². The lowest BCUT2D eigenvalue weighted by atomic mass is 9.99. The number of piperidine rings is 1. The second kappa shape index (κ2) is 4.56. The Morgan fingerprint density at radius 3 is 3.00 bits per heavy atom. The highest BCUT2D eigenvalue weighted by molar-refractivity contribution is 5.97. The summed E-state index contributed by atoms with van der Waals surface area (Å²) >= 11 is 0. The fourth-order valence-corrected chi connectivity index (χ4v) is 3.39. The highest BCUT2D eigenvalue weighted by Gasteiger charge is 2.38. The van der Waals surface area contributed by atoms with Gasteiger partial charge in [0.25, 0.3) is 5.91 Å². The van der Waals surface area contributed by atoms with Gasteiger partial charge in [-0.2, -0.15) is 0 Å². The number of benzene rings is 1. The van der Waals surface area contributed by atoms with E-state index in [2.05, 4.69) is 15.2 Å². The van der Waals surface area contributed by atoms with E-state index in [0.717, 1.165) is 24.0 Å². The second-order valence-electron chi connectivity index (χ2n) is 5.80. The highest BCUT2D eigenvalue weighted by atomic mass is 16.1. The van der Waals surface area contributed by atoms with Crippen molar-refractivity contribution in [2.75, 3.05) is 19.6 Å². The maximum Gasteiger partial charge on any atom is 0.253 e. The average Bonchev–Trinajstić information content (AvgIpc) is 3.09. The van der Waals surface area contributed by atoms with Crippen molar-refractivity contribution in [3.05, 3.63) is 42.1 Å². The van der Waals surface area contributed by atoms with Crippen molar-refractivity contribution in [3.63, 3.8) is 0 Å². The smallest absolute Gasteiger partial charge is 0.253 e. The molecule has 2 aromatic rings. The Kier molecular flexibility index (Phi) is 2.70. The molecule has 1 amide bonds. The van der Waals surface area contributed by atoms with Gasteiger partial charge in [-0.1, -0.05) is 18.2 Å². The number of hydrogen-bond acceptors (Lipinski definition) is 3. The van der Waals surface area contributed by atoms with Gasteiger partial charge in [-0.15, -0.1) is 0 Å². The van der Waals surface area contributed by atoms with E-state index in [0.29, 0.717) is 17.5 Å². The van der Waals surface area contributed by atoms with Crippen molar-refractivity contribution in [1.29, 1.82) is 0 Å². The zero-order valence-corrected chi connectivity index (χ0v) is 11.2. The Balaban J connectivity index is 1.54. The quantitative estimate of drug-likeness (QED) is 0.900. The molecule has 4 rings (SSSR count). The molecule has 3 heterocycles. The van der Waals surface area contributed by atoms with Gasteiger partial charge in [-0.25, -0.2) is 0 Å². The Hall–Kier alpha value is -1.94.